The number of benzene rings is 1. The summed E-state index contributed by atoms with van der Waals surface area (Å²) in [6.07, 6.45) is 0. The van der Waals surface area contributed by atoms with Crippen molar-refractivity contribution in [3.05, 3.63) is 35.4 Å². The zero-order valence-electron chi connectivity index (χ0n) is 13.1. The molecule has 0 fully saturated rings. The first kappa shape index (κ1) is 20.6. The molecule has 0 aliphatic carbocycles. The van der Waals surface area contributed by atoms with Crippen LogP contribution in [-0.2, 0) is 11.3 Å². The van der Waals surface area contributed by atoms with Crippen LogP contribution in [-0.4, -0.2) is 38.2 Å². The third kappa shape index (κ3) is 8.18. The highest BCUT2D eigenvalue weighted by atomic mass is 127. The molecule has 0 aromatic heterocycles. The minimum atomic E-state index is -0.420. The van der Waals surface area contributed by atoms with Gasteiger partial charge in [-0.3, -0.25) is 4.79 Å². The van der Waals surface area contributed by atoms with Gasteiger partial charge in [0.2, 0.25) is 5.91 Å². The fourth-order valence-corrected chi connectivity index (χ4v) is 1.67. The first-order chi connectivity index (χ1) is 10.2. The van der Waals surface area contributed by atoms with Crippen molar-refractivity contribution in [3.63, 3.8) is 0 Å². The molecule has 0 heterocycles. The quantitative estimate of drug-likeness (QED) is 0.257. The zero-order valence-corrected chi connectivity index (χ0v) is 15.4. The molecule has 0 aliphatic rings. The van der Waals surface area contributed by atoms with E-state index >= 15 is 0 Å². The van der Waals surface area contributed by atoms with Gasteiger partial charge in [0.1, 0.15) is 0 Å². The van der Waals surface area contributed by atoms with E-state index < -0.39 is 5.91 Å². The van der Waals surface area contributed by atoms with Gasteiger partial charge in [0.05, 0.1) is 13.2 Å². The predicted octanol–water partition coefficient (Wildman–Crippen LogP) is 1.50. The van der Waals surface area contributed by atoms with Crippen molar-refractivity contribution < 1.29 is 9.53 Å². The van der Waals surface area contributed by atoms with E-state index in [0.717, 1.165) is 18.1 Å². The Morgan fingerprint density at radius 2 is 1.91 bits per heavy atom. The Morgan fingerprint density at radius 1 is 1.23 bits per heavy atom. The van der Waals surface area contributed by atoms with E-state index in [1.54, 1.807) is 12.1 Å². The summed E-state index contributed by atoms with van der Waals surface area (Å²) in [5.41, 5.74) is 6.73. The van der Waals surface area contributed by atoms with E-state index in [-0.39, 0.29) is 24.0 Å². The number of amides is 1. The fourth-order valence-electron chi connectivity index (χ4n) is 1.67. The third-order valence-corrected chi connectivity index (χ3v) is 2.75. The molecule has 22 heavy (non-hydrogen) atoms. The van der Waals surface area contributed by atoms with Crippen molar-refractivity contribution in [2.75, 3.05) is 26.3 Å². The number of guanidine groups is 1. The van der Waals surface area contributed by atoms with Gasteiger partial charge in [-0.25, -0.2) is 4.99 Å². The molecule has 0 atom stereocenters. The summed E-state index contributed by atoms with van der Waals surface area (Å²) in [5.74, 6) is 0.326. The monoisotopic (exact) mass is 420 g/mol. The van der Waals surface area contributed by atoms with Crippen LogP contribution in [0.2, 0.25) is 0 Å². The molecule has 0 aliphatic heterocycles. The molecule has 1 rings (SSSR count). The van der Waals surface area contributed by atoms with Gasteiger partial charge in [0, 0.05) is 25.3 Å². The Labute approximate surface area is 148 Å². The molecule has 1 aromatic carbocycles. The Balaban J connectivity index is 0.00000441. The van der Waals surface area contributed by atoms with Crippen molar-refractivity contribution in [1.29, 1.82) is 0 Å². The minimum Gasteiger partial charge on any atom is -0.380 e. The summed E-state index contributed by atoms with van der Waals surface area (Å²) in [4.78, 5) is 15.5. The van der Waals surface area contributed by atoms with E-state index in [4.69, 9.17) is 10.5 Å². The number of primary amides is 1. The normalized spacial score (nSPS) is 10.7. The number of aliphatic imine (C=N–C) groups is 1. The highest BCUT2D eigenvalue weighted by Gasteiger charge is 2.00. The molecule has 0 radical (unpaired) electrons. The van der Waals surface area contributed by atoms with E-state index in [0.29, 0.717) is 31.9 Å². The number of nitrogens with zero attached hydrogens (tertiary/aromatic N) is 1. The van der Waals surface area contributed by atoms with Crippen LogP contribution in [0.1, 0.15) is 29.8 Å². The maximum atomic E-state index is 11.0. The lowest BCUT2D eigenvalue weighted by Crippen LogP contribution is -2.39. The van der Waals surface area contributed by atoms with Crippen LogP contribution in [0, 0.1) is 0 Å². The maximum Gasteiger partial charge on any atom is 0.248 e. The second kappa shape index (κ2) is 12.2. The molecule has 7 heteroatoms. The topological polar surface area (TPSA) is 88.7 Å². The van der Waals surface area contributed by atoms with E-state index in [1.807, 2.05) is 26.0 Å². The van der Waals surface area contributed by atoms with Crippen LogP contribution in [0.5, 0.6) is 0 Å². The molecule has 0 saturated heterocycles. The second-order valence-corrected chi connectivity index (χ2v) is 4.38. The number of rotatable bonds is 8. The van der Waals surface area contributed by atoms with Crippen LogP contribution >= 0.6 is 24.0 Å². The number of halogens is 1. The first-order valence-corrected chi connectivity index (χ1v) is 7.16. The number of nitrogens with two attached hydrogens (primary N) is 1. The van der Waals surface area contributed by atoms with Crippen molar-refractivity contribution in [1.82, 2.24) is 10.6 Å². The van der Waals surface area contributed by atoms with Gasteiger partial charge >= 0.3 is 0 Å². The molecule has 0 bridgehead atoms. The standard InChI is InChI=1S/C15H24N4O2.HI/c1-3-17-15(18-9-10-21-4-2)19-11-12-5-7-13(8-6-12)14(16)20;/h5-8H,3-4,9-11H2,1-2H3,(H2,16,20)(H2,17,18,19);1H. The Morgan fingerprint density at radius 3 is 2.45 bits per heavy atom. The molecular weight excluding hydrogens is 395 g/mol. The molecular formula is C15H25IN4O2. The largest absolute Gasteiger partial charge is 0.380 e. The van der Waals surface area contributed by atoms with Crippen LogP contribution < -0.4 is 16.4 Å². The fraction of sp³-hybridized carbons (Fsp3) is 0.467. The second-order valence-electron chi connectivity index (χ2n) is 4.38. The van der Waals surface area contributed by atoms with E-state index in [9.17, 15) is 4.79 Å². The number of carbonyl (C=O) groups excluding carboxylic acids is 1. The lowest BCUT2D eigenvalue weighted by molar-refractivity contribution is 0.100. The Kier molecular flexibility index (Phi) is 11.5. The van der Waals surface area contributed by atoms with Crippen LogP contribution in [0.4, 0.5) is 0 Å². The van der Waals surface area contributed by atoms with E-state index in [1.165, 1.54) is 0 Å². The lowest BCUT2D eigenvalue weighted by Gasteiger charge is -2.11. The number of hydrogen-bond donors (Lipinski definition) is 3. The number of nitrogens with one attached hydrogen (secondary N) is 2. The average Bonchev–Trinajstić information content (AvgIpc) is 2.49. The predicted molar refractivity (Wildman–Crippen MR) is 99.7 cm³/mol. The van der Waals surface area contributed by atoms with Crippen LogP contribution in [0.3, 0.4) is 0 Å². The van der Waals surface area contributed by atoms with Gasteiger partial charge in [-0.2, -0.15) is 0 Å². The molecule has 1 aromatic rings. The smallest absolute Gasteiger partial charge is 0.248 e. The molecule has 6 nitrogen and oxygen atoms in total. The van der Waals surface area contributed by atoms with Gasteiger partial charge in [0.15, 0.2) is 5.96 Å². The number of carbonyl (C=O) groups is 1. The molecule has 0 saturated carbocycles. The first-order valence-electron chi connectivity index (χ1n) is 7.16. The van der Waals surface area contributed by atoms with Crippen molar-refractivity contribution in [3.8, 4) is 0 Å². The average molecular weight is 420 g/mol. The van der Waals surface area contributed by atoms with Gasteiger partial charge in [0.25, 0.3) is 0 Å². The molecule has 1 amide bonds. The van der Waals surface area contributed by atoms with Crippen LogP contribution in [0.15, 0.2) is 29.3 Å². The van der Waals surface area contributed by atoms with Gasteiger partial charge < -0.3 is 21.1 Å². The van der Waals surface area contributed by atoms with Gasteiger partial charge in [-0.15, -0.1) is 24.0 Å². The number of hydrogen-bond acceptors (Lipinski definition) is 3. The summed E-state index contributed by atoms with van der Waals surface area (Å²) < 4.78 is 5.27. The summed E-state index contributed by atoms with van der Waals surface area (Å²) in [6.45, 7) is 7.37. The summed E-state index contributed by atoms with van der Waals surface area (Å²) in [6, 6.07) is 7.13. The summed E-state index contributed by atoms with van der Waals surface area (Å²) >= 11 is 0. The Bertz CT molecular complexity index is 463. The molecule has 0 unspecified atom stereocenters. The summed E-state index contributed by atoms with van der Waals surface area (Å²) in [7, 11) is 0. The van der Waals surface area contributed by atoms with Gasteiger partial charge in [-0.05, 0) is 31.5 Å². The highest BCUT2D eigenvalue weighted by Crippen LogP contribution is 2.05. The van der Waals surface area contributed by atoms with Crippen LogP contribution in [0.25, 0.3) is 0 Å². The Hall–Kier alpha value is -1.35. The van der Waals surface area contributed by atoms with Crippen molar-refractivity contribution in [2.24, 2.45) is 10.7 Å². The minimum absolute atomic E-state index is 0. The van der Waals surface area contributed by atoms with Crippen molar-refractivity contribution >= 4 is 35.8 Å². The van der Waals surface area contributed by atoms with Crippen molar-refractivity contribution in [2.45, 2.75) is 20.4 Å². The zero-order chi connectivity index (χ0) is 15.5. The molecule has 0 spiro atoms. The van der Waals surface area contributed by atoms with Gasteiger partial charge in [-0.1, -0.05) is 12.1 Å². The maximum absolute atomic E-state index is 11.0. The lowest BCUT2D eigenvalue weighted by atomic mass is 10.1. The highest BCUT2D eigenvalue weighted by molar-refractivity contribution is 14.0. The van der Waals surface area contributed by atoms with E-state index in [2.05, 4.69) is 15.6 Å². The SMILES string of the molecule is CCNC(=NCc1ccc(C(N)=O)cc1)NCCOCC.I. The molecule has 4 N–H and O–H groups in total. The molecule has 124 valence electrons. The summed E-state index contributed by atoms with van der Waals surface area (Å²) in [5, 5.41) is 6.36. The third-order valence-electron chi connectivity index (χ3n) is 2.75. The number of ether oxygens (including phenoxy) is 1.